The average Bonchev–Trinajstić information content (AvgIpc) is 3.96. The molecule has 0 bridgehead atoms. The SMILES string of the molecule is CCc1ccc(NC2CCCC(CCc3ccc(O[C@@H](C)c4ccccc4)c4c(C(=O)O)cc(-c5coc6ccccc56)nc34)C2)c2c(C(=O)O)cc(-c3coc4ccccc34)nc12. The average molecular weight is 850 g/mol. The second-order valence-electron chi connectivity index (χ2n) is 16.9. The summed E-state index contributed by atoms with van der Waals surface area (Å²) in [6, 6.07) is 36.6. The number of aromatic nitrogens is 2. The van der Waals surface area contributed by atoms with Gasteiger partial charge in [-0.2, -0.15) is 0 Å². The molecule has 10 rings (SSSR count). The van der Waals surface area contributed by atoms with E-state index in [1.807, 2.05) is 104 Å². The number of hydrogen-bond acceptors (Lipinski definition) is 8. The molecule has 10 heteroatoms. The number of nitrogens with zero attached hydrogens (tertiary/aromatic N) is 2. The van der Waals surface area contributed by atoms with Gasteiger partial charge < -0.3 is 29.1 Å². The summed E-state index contributed by atoms with van der Waals surface area (Å²) >= 11 is 0. The van der Waals surface area contributed by atoms with Gasteiger partial charge in [-0.1, -0.05) is 98.6 Å². The van der Waals surface area contributed by atoms with Crippen LogP contribution >= 0.6 is 0 Å². The molecule has 5 aromatic carbocycles. The van der Waals surface area contributed by atoms with Gasteiger partial charge in [0.15, 0.2) is 0 Å². The number of anilines is 1. The minimum absolute atomic E-state index is 0.110. The van der Waals surface area contributed by atoms with Crippen LogP contribution in [0.5, 0.6) is 5.75 Å². The van der Waals surface area contributed by atoms with Crippen molar-refractivity contribution in [3.05, 3.63) is 156 Å². The molecule has 0 amide bonds. The molecule has 0 radical (unpaired) electrons. The number of aromatic carboxylic acids is 2. The molecule has 1 aliphatic carbocycles. The van der Waals surface area contributed by atoms with Crippen LogP contribution in [0, 0.1) is 5.92 Å². The van der Waals surface area contributed by atoms with Gasteiger partial charge in [-0.3, -0.25) is 0 Å². The Morgan fingerprint density at radius 3 is 1.97 bits per heavy atom. The van der Waals surface area contributed by atoms with Crippen LogP contribution in [0.4, 0.5) is 5.69 Å². The molecule has 9 aromatic rings. The van der Waals surface area contributed by atoms with Crippen molar-refractivity contribution in [1.29, 1.82) is 0 Å². The van der Waals surface area contributed by atoms with Gasteiger partial charge in [-0.25, -0.2) is 19.6 Å². The molecule has 64 heavy (non-hydrogen) atoms. The fourth-order valence-corrected chi connectivity index (χ4v) is 9.68. The lowest BCUT2D eigenvalue weighted by molar-refractivity contribution is 0.0688. The van der Waals surface area contributed by atoms with Crippen LogP contribution < -0.4 is 10.1 Å². The highest BCUT2D eigenvalue weighted by Gasteiger charge is 2.27. The Morgan fingerprint density at radius 1 is 0.734 bits per heavy atom. The number of carbonyl (C=O) groups is 2. The minimum Gasteiger partial charge on any atom is -0.485 e. The molecule has 0 aliphatic heterocycles. The van der Waals surface area contributed by atoms with E-state index >= 15 is 0 Å². The van der Waals surface area contributed by atoms with Crippen LogP contribution in [0.25, 0.3) is 66.3 Å². The molecule has 10 nitrogen and oxygen atoms in total. The number of fused-ring (bicyclic) bond motifs is 4. The van der Waals surface area contributed by atoms with Gasteiger partial charge in [-0.15, -0.1) is 0 Å². The molecule has 4 aromatic heterocycles. The van der Waals surface area contributed by atoms with Crippen molar-refractivity contribution < 1.29 is 33.4 Å². The number of pyridine rings is 2. The summed E-state index contributed by atoms with van der Waals surface area (Å²) in [6.45, 7) is 4.02. The van der Waals surface area contributed by atoms with Crippen LogP contribution in [-0.4, -0.2) is 38.2 Å². The first-order valence-corrected chi connectivity index (χ1v) is 22.0. The quantitative estimate of drug-likeness (QED) is 0.102. The molecule has 1 saturated carbocycles. The second kappa shape index (κ2) is 17.0. The standard InChI is InChI=1S/C54H47N3O7/c1-3-33-22-24-43(49-39(53(58)59)27-44(56-51(33)49)41-29-62-46-18-9-7-16-37(41)46)55-36-15-11-12-32(26-36)20-21-35-23-25-48(64-31(2)34-13-5-4-6-14-34)50-40(54(60)61)28-45(57-52(35)50)42-30-63-47-19-10-8-17-38(42)47/h4-10,13-14,16-19,22-25,27-32,36,55H,3,11-12,15,20-21,26H2,1-2H3,(H,58,59)(H,60,61)/t31-,32?,36?/m0/s1. The highest BCUT2D eigenvalue weighted by Crippen LogP contribution is 2.41. The molecule has 4 heterocycles. The summed E-state index contributed by atoms with van der Waals surface area (Å²) in [6.07, 6.45) is 9.09. The summed E-state index contributed by atoms with van der Waals surface area (Å²) in [7, 11) is 0. The number of rotatable bonds is 13. The van der Waals surface area contributed by atoms with Crippen molar-refractivity contribution in [1.82, 2.24) is 9.97 Å². The third kappa shape index (κ3) is 7.59. The van der Waals surface area contributed by atoms with E-state index in [4.69, 9.17) is 23.5 Å². The summed E-state index contributed by atoms with van der Waals surface area (Å²) in [5.74, 6) is -1.26. The van der Waals surface area contributed by atoms with Crippen molar-refractivity contribution in [3.63, 3.8) is 0 Å². The predicted octanol–water partition coefficient (Wildman–Crippen LogP) is 13.3. The highest BCUT2D eigenvalue weighted by atomic mass is 16.5. The van der Waals surface area contributed by atoms with Gasteiger partial charge in [0.25, 0.3) is 0 Å². The maximum absolute atomic E-state index is 13.2. The number of carboxylic acids is 2. The number of carboxylic acid groups (broad SMARTS) is 2. The lowest BCUT2D eigenvalue weighted by Crippen LogP contribution is -2.28. The Labute approximate surface area is 369 Å². The minimum atomic E-state index is -1.07. The van der Waals surface area contributed by atoms with E-state index in [1.54, 1.807) is 24.7 Å². The zero-order chi connectivity index (χ0) is 43.9. The monoisotopic (exact) mass is 849 g/mol. The van der Waals surface area contributed by atoms with E-state index in [0.717, 1.165) is 82.0 Å². The van der Waals surface area contributed by atoms with Gasteiger partial charge in [0.2, 0.25) is 0 Å². The summed E-state index contributed by atoms with van der Waals surface area (Å²) in [5.41, 5.74) is 9.23. The molecule has 1 fully saturated rings. The topological polar surface area (TPSA) is 148 Å². The van der Waals surface area contributed by atoms with Crippen molar-refractivity contribution in [2.24, 2.45) is 5.92 Å². The van der Waals surface area contributed by atoms with Crippen molar-refractivity contribution in [2.45, 2.75) is 70.9 Å². The maximum atomic E-state index is 13.2. The van der Waals surface area contributed by atoms with E-state index < -0.39 is 11.9 Å². The van der Waals surface area contributed by atoms with Gasteiger partial charge >= 0.3 is 11.9 Å². The van der Waals surface area contributed by atoms with Gasteiger partial charge in [0.1, 0.15) is 35.5 Å². The number of aryl methyl sites for hydroxylation is 2. The lowest BCUT2D eigenvalue weighted by atomic mass is 9.82. The normalized spacial score (nSPS) is 15.8. The number of furan rings is 2. The lowest BCUT2D eigenvalue weighted by Gasteiger charge is -2.31. The Balaban J connectivity index is 0.964. The summed E-state index contributed by atoms with van der Waals surface area (Å²) < 4.78 is 18.3. The Bertz CT molecular complexity index is 3220. The molecular formula is C54H47N3O7. The molecule has 1 aliphatic rings. The zero-order valence-electron chi connectivity index (χ0n) is 35.6. The predicted molar refractivity (Wildman–Crippen MR) is 250 cm³/mol. The third-order valence-corrected chi connectivity index (χ3v) is 12.9. The fraction of sp³-hybridized carbons (Fsp3) is 0.222. The van der Waals surface area contributed by atoms with E-state index in [2.05, 4.69) is 18.3 Å². The molecule has 3 atom stereocenters. The van der Waals surface area contributed by atoms with Crippen LogP contribution in [0.2, 0.25) is 0 Å². The summed E-state index contributed by atoms with van der Waals surface area (Å²) in [5, 5.41) is 28.0. The summed E-state index contributed by atoms with van der Waals surface area (Å²) in [4.78, 5) is 36.5. The zero-order valence-corrected chi connectivity index (χ0v) is 35.6. The molecule has 3 N–H and O–H groups in total. The largest absolute Gasteiger partial charge is 0.485 e. The van der Waals surface area contributed by atoms with Crippen LogP contribution in [0.15, 0.2) is 137 Å². The Kier molecular flexibility index (Phi) is 10.8. The maximum Gasteiger partial charge on any atom is 0.336 e. The molecular weight excluding hydrogens is 803 g/mol. The van der Waals surface area contributed by atoms with Gasteiger partial charge in [-0.05, 0) is 98.0 Å². The number of hydrogen-bond donors (Lipinski definition) is 3. The smallest absolute Gasteiger partial charge is 0.336 e. The van der Waals surface area contributed by atoms with Crippen molar-refractivity contribution >= 4 is 61.4 Å². The number of nitrogens with one attached hydrogen (secondary N) is 1. The van der Waals surface area contributed by atoms with Crippen molar-refractivity contribution in [2.75, 3.05) is 5.32 Å². The number of para-hydroxylation sites is 2. The van der Waals surface area contributed by atoms with Gasteiger partial charge in [0, 0.05) is 39.0 Å². The van der Waals surface area contributed by atoms with Crippen LogP contribution in [0.3, 0.4) is 0 Å². The fourth-order valence-electron chi connectivity index (χ4n) is 9.68. The third-order valence-electron chi connectivity index (χ3n) is 12.9. The first-order valence-electron chi connectivity index (χ1n) is 22.0. The number of ether oxygens (including phenoxy) is 1. The Hall–Kier alpha value is -7.46. The molecule has 320 valence electrons. The molecule has 0 saturated heterocycles. The second-order valence-corrected chi connectivity index (χ2v) is 16.9. The van der Waals surface area contributed by atoms with Gasteiger partial charge in [0.05, 0.1) is 38.9 Å². The first-order chi connectivity index (χ1) is 31.2. The number of benzene rings is 5. The molecule has 0 spiro atoms. The van der Waals surface area contributed by atoms with Crippen LogP contribution in [0.1, 0.15) is 89.5 Å². The van der Waals surface area contributed by atoms with E-state index in [1.165, 1.54) is 0 Å². The first kappa shape index (κ1) is 40.6. The van der Waals surface area contributed by atoms with Crippen molar-refractivity contribution in [3.8, 4) is 28.3 Å². The Morgan fingerprint density at radius 2 is 1.33 bits per heavy atom. The highest BCUT2D eigenvalue weighted by molar-refractivity contribution is 6.11. The molecule has 2 unspecified atom stereocenters. The van der Waals surface area contributed by atoms with E-state index in [-0.39, 0.29) is 23.3 Å². The van der Waals surface area contributed by atoms with E-state index in [0.29, 0.717) is 63.3 Å². The van der Waals surface area contributed by atoms with Crippen LogP contribution in [-0.2, 0) is 12.8 Å². The van der Waals surface area contributed by atoms with E-state index in [9.17, 15) is 19.8 Å².